The predicted molar refractivity (Wildman–Crippen MR) is 96.5 cm³/mol. The quantitative estimate of drug-likeness (QED) is 0.864. The van der Waals surface area contributed by atoms with Gasteiger partial charge >= 0.3 is 0 Å². The van der Waals surface area contributed by atoms with Crippen LogP contribution in [0, 0.1) is 0 Å². The average Bonchev–Trinajstić information content (AvgIpc) is 3.05. The largest absolute Gasteiger partial charge is 0.487 e. The van der Waals surface area contributed by atoms with E-state index in [2.05, 4.69) is 23.7 Å². The molecule has 2 bridgehead atoms. The summed E-state index contributed by atoms with van der Waals surface area (Å²) >= 11 is 0. The Balaban J connectivity index is 1.75. The number of amides is 1. The fourth-order valence-electron chi connectivity index (χ4n) is 3.79. The number of carbonyl (C=O) groups is 1. The normalized spacial score (nSPS) is 23.2. The van der Waals surface area contributed by atoms with Crippen LogP contribution in [0.1, 0.15) is 26.0 Å². The lowest BCUT2D eigenvalue weighted by atomic mass is 10.1. The Hall–Kier alpha value is -2.40. The SMILES string of the molecule is CC(C)N1C[C@@H]2C[C@H]1C(=O)N(Cc1ccccn1)c1ccccc1O2. The molecule has 0 aliphatic carbocycles. The highest BCUT2D eigenvalue weighted by Gasteiger charge is 2.43. The molecule has 0 N–H and O–H groups in total. The van der Waals surface area contributed by atoms with E-state index in [-0.39, 0.29) is 18.1 Å². The molecule has 0 unspecified atom stereocenters. The van der Waals surface area contributed by atoms with Crippen molar-refractivity contribution in [3.63, 3.8) is 0 Å². The molecule has 2 atom stereocenters. The van der Waals surface area contributed by atoms with Gasteiger partial charge in [-0.05, 0) is 38.1 Å². The Morgan fingerprint density at radius 1 is 1.20 bits per heavy atom. The molecule has 5 heteroatoms. The van der Waals surface area contributed by atoms with Crippen molar-refractivity contribution in [1.29, 1.82) is 0 Å². The number of aromatic nitrogens is 1. The summed E-state index contributed by atoms with van der Waals surface area (Å²) < 4.78 is 6.27. The number of para-hydroxylation sites is 2. The molecule has 25 heavy (non-hydrogen) atoms. The van der Waals surface area contributed by atoms with Gasteiger partial charge < -0.3 is 9.64 Å². The second-order valence-corrected chi connectivity index (χ2v) is 7.00. The zero-order valence-electron chi connectivity index (χ0n) is 14.6. The molecule has 1 amide bonds. The highest BCUT2D eigenvalue weighted by atomic mass is 16.5. The van der Waals surface area contributed by atoms with Crippen LogP contribution in [0.4, 0.5) is 5.69 Å². The Labute approximate surface area is 148 Å². The predicted octanol–water partition coefficient (Wildman–Crippen LogP) is 2.86. The Morgan fingerprint density at radius 2 is 2.00 bits per heavy atom. The number of fused-ring (bicyclic) bond motifs is 3. The third-order valence-electron chi connectivity index (χ3n) is 5.01. The van der Waals surface area contributed by atoms with Gasteiger partial charge in [-0.3, -0.25) is 14.7 Å². The third kappa shape index (κ3) is 3.00. The Bertz CT molecular complexity index is 763. The van der Waals surface area contributed by atoms with Crippen LogP contribution in [0.25, 0.3) is 0 Å². The minimum absolute atomic E-state index is 0.0644. The van der Waals surface area contributed by atoms with Gasteiger partial charge in [-0.15, -0.1) is 0 Å². The van der Waals surface area contributed by atoms with Crippen LogP contribution >= 0.6 is 0 Å². The molecule has 3 heterocycles. The van der Waals surface area contributed by atoms with E-state index in [1.165, 1.54) is 0 Å². The number of carbonyl (C=O) groups excluding carboxylic acids is 1. The molecule has 0 spiro atoms. The first kappa shape index (κ1) is 16.1. The minimum Gasteiger partial charge on any atom is -0.487 e. The zero-order valence-corrected chi connectivity index (χ0v) is 14.6. The molecule has 2 aliphatic rings. The summed E-state index contributed by atoms with van der Waals surface area (Å²) in [6.45, 7) is 5.51. The fraction of sp³-hybridized carbons (Fsp3) is 0.400. The summed E-state index contributed by atoms with van der Waals surface area (Å²) in [5.41, 5.74) is 1.70. The molecule has 1 aromatic carbocycles. The number of ether oxygens (including phenoxy) is 1. The Morgan fingerprint density at radius 3 is 2.76 bits per heavy atom. The van der Waals surface area contributed by atoms with E-state index in [0.29, 0.717) is 12.6 Å². The summed E-state index contributed by atoms with van der Waals surface area (Å²) in [7, 11) is 0. The monoisotopic (exact) mass is 337 g/mol. The summed E-state index contributed by atoms with van der Waals surface area (Å²) in [5.74, 6) is 0.915. The van der Waals surface area contributed by atoms with E-state index >= 15 is 0 Å². The van der Waals surface area contributed by atoms with E-state index in [1.54, 1.807) is 6.20 Å². The van der Waals surface area contributed by atoms with E-state index in [0.717, 1.165) is 30.1 Å². The van der Waals surface area contributed by atoms with Crippen molar-refractivity contribution >= 4 is 11.6 Å². The van der Waals surface area contributed by atoms with Crippen molar-refractivity contribution in [2.75, 3.05) is 11.4 Å². The van der Waals surface area contributed by atoms with E-state index in [9.17, 15) is 4.79 Å². The Kier molecular flexibility index (Phi) is 4.17. The smallest absolute Gasteiger partial charge is 0.244 e. The number of anilines is 1. The molecule has 0 saturated carbocycles. The first-order chi connectivity index (χ1) is 12.1. The maximum Gasteiger partial charge on any atom is 0.244 e. The van der Waals surface area contributed by atoms with Crippen molar-refractivity contribution < 1.29 is 9.53 Å². The molecular formula is C20H23N3O2. The number of hydrogen-bond donors (Lipinski definition) is 0. The first-order valence-electron chi connectivity index (χ1n) is 8.86. The molecule has 5 nitrogen and oxygen atoms in total. The second-order valence-electron chi connectivity index (χ2n) is 7.00. The van der Waals surface area contributed by atoms with Gasteiger partial charge in [-0.2, -0.15) is 0 Å². The van der Waals surface area contributed by atoms with E-state index in [4.69, 9.17) is 4.74 Å². The van der Waals surface area contributed by atoms with Crippen molar-refractivity contribution in [1.82, 2.24) is 9.88 Å². The zero-order chi connectivity index (χ0) is 17.4. The number of pyridine rings is 1. The van der Waals surface area contributed by atoms with Gasteiger partial charge in [0, 0.05) is 25.2 Å². The van der Waals surface area contributed by atoms with Crippen molar-refractivity contribution in [2.45, 2.75) is 45.0 Å². The maximum atomic E-state index is 13.4. The molecule has 1 fully saturated rings. The van der Waals surface area contributed by atoms with Gasteiger partial charge in [-0.25, -0.2) is 0 Å². The van der Waals surface area contributed by atoms with Crippen molar-refractivity contribution in [3.8, 4) is 5.75 Å². The van der Waals surface area contributed by atoms with Crippen LogP contribution in [0.5, 0.6) is 5.75 Å². The molecular weight excluding hydrogens is 314 g/mol. The first-order valence-corrected chi connectivity index (χ1v) is 8.86. The highest BCUT2D eigenvalue weighted by molar-refractivity contribution is 5.99. The van der Waals surface area contributed by atoms with Crippen LogP contribution in [0.2, 0.25) is 0 Å². The summed E-state index contributed by atoms with van der Waals surface area (Å²) in [6.07, 6.45) is 2.57. The van der Waals surface area contributed by atoms with E-state index in [1.807, 2.05) is 47.4 Å². The molecule has 1 saturated heterocycles. The van der Waals surface area contributed by atoms with Gasteiger partial charge in [0.1, 0.15) is 11.9 Å². The number of benzene rings is 1. The number of rotatable bonds is 3. The summed E-state index contributed by atoms with van der Waals surface area (Å²) in [4.78, 5) is 21.9. The third-order valence-corrected chi connectivity index (χ3v) is 5.01. The van der Waals surface area contributed by atoms with Crippen LogP contribution in [-0.2, 0) is 11.3 Å². The lowest BCUT2D eigenvalue weighted by molar-refractivity contribution is -0.123. The number of nitrogens with zero attached hydrogens (tertiary/aromatic N) is 3. The lowest BCUT2D eigenvalue weighted by Crippen LogP contribution is -2.48. The topological polar surface area (TPSA) is 45.7 Å². The van der Waals surface area contributed by atoms with Gasteiger partial charge in [0.2, 0.25) is 5.91 Å². The molecule has 4 rings (SSSR count). The maximum absolute atomic E-state index is 13.4. The van der Waals surface area contributed by atoms with Crippen molar-refractivity contribution in [3.05, 3.63) is 54.4 Å². The molecule has 1 aromatic heterocycles. The van der Waals surface area contributed by atoms with Crippen LogP contribution in [-0.4, -0.2) is 40.5 Å². The molecule has 2 aliphatic heterocycles. The van der Waals surface area contributed by atoms with Gasteiger partial charge in [-0.1, -0.05) is 18.2 Å². The van der Waals surface area contributed by atoms with Gasteiger partial charge in [0.25, 0.3) is 0 Å². The molecule has 130 valence electrons. The number of likely N-dealkylation sites (tertiary alicyclic amines) is 1. The standard InChI is InChI=1S/C20H23N3O2/c1-14(2)22-13-16-11-18(22)20(24)23(12-15-7-5-6-10-21-15)17-8-3-4-9-19(17)25-16/h3-10,14,16,18H,11-13H2,1-2H3/t16-,18-/m0/s1. The second kappa shape index (κ2) is 6.48. The van der Waals surface area contributed by atoms with Crippen LogP contribution in [0.3, 0.4) is 0 Å². The highest BCUT2D eigenvalue weighted by Crippen LogP contribution is 2.37. The number of hydrogen-bond acceptors (Lipinski definition) is 4. The van der Waals surface area contributed by atoms with Crippen molar-refractivity contribution in [2.24, 2.45) is 0 Å². The fourth-order valence-corrected chi connectivity index (χ4v) is 3.79. The summed E-state index contributed by atoms with van der Waals surface area (Å²) in [6, 6.07) is 13.8. The van der Waals surface area contributed by atoms with E-state index < -0.39 is 0 Å². The van der Waals surface area contributed by atoms with Crippen LogP contribution in [0.15, 0.2) is 48.7 Å². The van der Waals surface area contributed by atoms with Crippen LogP contribution < -0.4 is 9.64 Å². The van der Waals surface area contributed by atoms with Gasteiger partial charge in [0.15, 0.2) is 0 Å². The minimum atomic E-state index is -0.137. The lowest BCUT2D eigenvalue weighted by Gasteiger charge is -2.32. The van der Waals surface area contributed by atoms with Gasteiger partial charge in [0.05, 0.1) is 24.0 Å². The molecule has 0 radical (unpaired) electrons. The average molecular weight is 337 g/mol. The molecule has 2 aromatic rings. The summed E-state index contributed by atoms with van der Waals surface area (Å²) in [5, 5.41) is 0.